The summed E-state index contributed by atoms with van der Waals surface area (Å²) < 4.78 is 5.39. The number of morpholine rings is 1. The second-order valence-electron chi connectivity index (χ2n) is 9.35. The van der Waals surface area contributed by atoms with E-state index in [-0.39, 0.29) is 23.5 Å². The Morgan fingerprint density at radius 3 is 2.54 bits per heavy atom. The van der Waals surface area contributed by atoms with Crippen molar-refractivity contribution in [1.82, 2.24) is 20.4 Å². The lowest BCUT2D eigenvalue weighted by molar-refractivity contribution is -0.124. The van der Waals surface area contributed by atoms with E-state index in [0.29, 0.717) is 12.4 Å². The molecule has 1 saturated heterocycles. The first-order chi connectivity index (χ1) is 18.2. The number of anilines is 1. The van der Waals surface area contributed by atoms with Crippen molar-refractivity contribution in [2.75, 3.05) is 44.7 Å². The fourth-order valence-electron chi connectivity index (χ4n) is 4.78. The van der Waals surface area contributed by atoms with Crippen molar-refractivity contribution < 1.29 is 14.3 Å². The highest BCUT2D eigenvalue weighted by Crippen LogP contribution is 2.47. The minimum absolute atomic E-state index is 0.102. The molecule has 3 heterocycles. The number of amides is 2. The molecule has 0 saturated carbocycles. The second kappa shape index (κ2) is 12.4. The maximum absolute atomic E-state index is 13.2. The minimum Gasteiger partial charge on any atom is -0.379 e. The number of carbonyl (C=O) groups excluding carboxylic acids is 2. The molecule has 1 aromatic heterocycles. The number of ether oxygens (including phenoxy) is 1. The number of carbonyl (C=O) groups is 2. The third-order valence-corrected chi connectivity index (χ3v) is 8.25. The molecule has 37 heavy (non-hydrogen) atoms. The van der Waals surface area contributed by atoms with Crippen LogP contribution in [-0.4, -0.2) is 71.6 Å². The zero-order valence-corrected chi connectivity index (χ0v) is 21.6. The molecule has 194 valence electrons. The number of hydrogen-bond donors (Lipinski definition) is 3. The lowest BCUT2D eigenvalue weighted by Gasteiger charge is -2.26. The van der Waals surface area contributed by atoms with Gasteiger partial charge >= 0.3 is 0 Å². The average molecular weight is 520 g/mol. The largest absolute Gasteiger partial charge is 0.379 e. The quantitative estimate of drug-likeness (QED) is 0.372. The predicted octanol–water partition coefficient (Wildman–Crippen LogP) is 3.84. The Morgan fingerprint density at radius 2 is 1.78 bits per heavy atom. The molecule has 5 rings (SSSR count). The highest BCUT2D eigenvalue weighted by molar-refractivity contribution is 8.01. The van der Waals surface area contributed by atoms with Crippen molar-refractivity contribution in [2.45, 2.75) is 29.8 Å². The third-order valence-electron chi connectivity index (χ3n) is 6.76. The summed E-state index contributed by atoms with van der Waals surface area (Å²) in [5, 5.41) is 12.9. The SMILES string of the molecule is O=C(CC1SC(c2ccccc2)c2c(n[nH]c2-c2ccccc2)NC1=O)NCCCCN1CCOCC1. The summed E-state index contributed by atoms with van der Waals surface area (Å²) in [5.74, 6) is 0.227. The Hall–Kier alpha value is -3.14. The molecule has 2 amide bonds. The zero-order chi connectivity index (χ0) is 25.5. The van der Waals surface area contributed by atoms with Crippen molar-refractivity contribution in [3.8, 4) is 11.3 Å². The van der Waals surface area contributed by atoms with E-state index in [1.165, 1.54) is 11.8 Å². The number of hydrogen-bond acceptors (Lipinski definition) is 6. The van der Waals surface area contributed by atoms with Gasteiger partial charge in [0.25, 0.3) is 0 Å². The van der Waals surface area contributed by atoms with Gasteiger partial charge in [-0.2, -0.15) is 5.10 Å². The van der Waals surface area contributed by atoms with Gasteiger partial charge in [-0.15, -0.1) is 11.8 Å². The fraction of sp³-hybridized carbons (Fsp3) is 0.393. The summed E-state index contributed by atoms with van der Waals surface area (Å²) in [5.41, 5.74) is 3.88. The van der Waals surface area contributed by atoms with E-state index >= 15 is 0 Å². The van der Waals surface area contributed by atoms with Crippen LogP contribution in [0.1, 0.15) is 35.6 Å². The van der Waals surface area contributed by atoms with E-state index in [0.717, 1.165) is 68.1 Å². The van der Waals surface area contributed by atoms with E-state index < -0.39 is 5.25 Å². The van der Waals surface area contributed by atoms with Crippen molar-refractivity contribution in [3.63, 3.8) is 0 Å². The van der Waals surface area contributed by atoms with E-state index in [4.69, 9.17) is 4.74 Å². The molecule has 0 spiro atoms. The van der Waals surface area contributed by atoms with Crippen LogP contribution in [0.15, 0.2) is 60.7 Å². The highest BCUT2D eigenvalue weighted by atomic mass is 32.2. The number of rotatable bonds is 9. The number of aromatic nitrogens is 2. The van der Waals surface area contributed by atoms with Gasteiger partial charge in [0.15, 0.2) is 5.82 Å². The number of H-pyrrole nitrogens is 1. The van der Waals surface area contributed by atoms with Gasteiger partial charge in [0.2, 0.25) is 11.8 Å². The van der Waals surface area contributed by atoms with Gasteiger partial charge in [0.05, 0.1) is 29.4 Å². The van der Waals surface area contributed by atoms with Gasteiger partial charge < -0.3 is 15.4 Å². The van der Waals surface area contributed by atoms with Crippen LogP contribution in [0.25, 0.3) is 11.3 Å². The number of benzene rings is 2. The van der Waals surface area contributed by atoms with Gasteiger partial charge in [-0.1, -0.05) is 60.7 Å². The molecule has 9 heteroatoms. The second-order valence-corrected chi connectivity index (χ2v) is 10.7. The lowest BCUT2D eigenvalue weighted by Crippen LogP contribution is -2.37. The van der Waals surface area contributed by atoms with E-state index in [2.05, 4.69) is 37.9 Å². The topological polar surface area (TPSA) is 99.3 Å². The van der Waals surface area contributed by atoms with Crippen LogP contribution in [0.3, 0.4) is 0 Å². The van der Waals surface area contributed by atoms with Crippen LogP contribution < -0.4 is 10.6 Å². The van der Waals surface area contributed by atoms with Crippen LogP contribution >= 0.6 is 11.8 Å². The molecule has 0 bridgehead atoms. The molecule has 8 nitrogen and oxygen atoms in total. The number of fused-ring (bicyclic) bond motifs is 1. The van der Waals surface area contributed by atoms with E-state index in [1.54, 1.807) is 0 Å². The Morgan fingerprint density at radius 1 is 1.05 bits per heavy atom. The van der Waals surface area contributed by atoms with Crippen LogP contribution in [-0.2, 0) is 14.3 Å². The molecule has 2 aliphatic heterocycles. The normalized spacial score (nSPS) is 20.1. The van der Waals surface area contributed by atoms with E-state index in [1.807, 2.05) is 48.5 Å². The van der Waals surface area contributed by atoms with Gasteiger partial charge in [0, 0.05) is 31.6 Å². The molecular weight excluding hydrogens is 486 g/mol. The monoisotopic (exact) mass is 519 g/mol. The van der Waals surface area contributed by atoms with Gasteiger partial charge in [-0.3, -0.25) is 19.6 Å². The number of nitrogens with one attached hydrogen (secondary N) is 3. The number of aromatic amines is 1. The van der Waals surface area contributed by atoms with Crippen LogP contribution in [0.5, 0.6) is 0 Å². The first-order valence-electron chi connectivity index (χ1n) is 12.9. The summed E-state index contributed by atoms with van der Waals surface area (Å²) in [7, 11) is 0. The molecule has 2 aromatic carbocycles. The van der Waals surface area contributed by atoms with Gasteiger partial charge in [-0.05, 0) is 30.5 Å². The molecule has 3 N–H and O–H groups in total. The number of nitrogens with zero attached hydrogens (tertiary/aromatic N) is 2. The molecule has 0 aliphatic carbocycles. The first-order valence-corrected chi connectivity index (χ1v) is 13.8. The summed E-state index contributed by atoms with van der Waals surface area (Å²) in [6.07, 6.45) is 2.06. The van der Waals surface area contributed by atoms with Crippen molar-refractivity contribution in [3.05, 3.63) is 71.8 Å². The van der Waals surface area contributed by atoms with E-state index in [9.17, 15) is 9.59 Å². The number of unbranched alkanes of at least 4 members (excludes halogenated alkanes) is 1. The molecule has 2 atom stereocenters. The third kappa shape index (κ3) is 6.41. The maximum Gasteiger partial charge on any atom is 0.239 e. The average Bonchev–Trinajstić information content (AvgIpc) is 3.29. The van der Waals surface area contributed by atoms with Gasteiger partial charge in [0.1, 0.15) is 0 Å². The minimum atomic E-state index is -0.531. The molecule has 2 aliphatic rings. The van der Waals surface area contributed by atoms with Crippen molar-refractivity contribution >= 4 is 29.4 Å². The first kappa shape index (κ1) is 25.5. The summed E-state index contributed by atoms with van der Waals surface area (Å²) in [6.45, 7) is 5.19. The molecule has 1 fully saturated rings. The lowest BCUT2D eigenvalue weighted by atomic mass is 10.00. The summed E-state index contributed by atoms with van der Waals surface area (Å²) >= 11 is 1.51. The fourth-order valence-corrected chi connectivity index (χ4v) is 6.22. The summed E-state index contributed by atoms with van der Waals surface area (Å²) in [4.78, 5) is 28.4. The Labute approximate surface area is 221 Å². The predicted molar refractivity (Wildman–Crippen MR) is 146 cm³/mol. The summed E-state index contributed by atoms with van der Waals surface area (Å²) in [6, 6.07) is 20.1. The smallest absolute Gasteiger partial charge is 0.239 e. The standard InChI is InChI=1S/C28H33N5O3S/c34-23(29-13-7-8-14-33-15-17-36-18-16-33)19-22-28(35)30-27-24(26(37-22)21-11-5-2-6-12-21)25(31-32-27)20-9-3-1-4-10-20/h1-6,9-12,22,26H,7-8,13-19H2,(H,29,34)(H2,30,31,32,35). The van der Waals surface area contributed by atoms with Gasteiger partial charge in [-0.25, -0.2) is 0 Å². The number of thioether (sulfide) groups is 1. The van der Waals surface area contributed by atoms with Crippen LogP contribution in [0.2, 0.25) is 0 Å². The Bertz CT molecular complexity index is 1180. The van der Waals surface area contributed by atoms with Crippen molar-refractivity contribution in [1.29, 1.82) is 0 Å². The maximum atomic E-state index is 13.2. The molecule has 3 aromatic rings. The molecular formula is C28H33N5O3S. The Kier molecular flexibility index (Phi) is 8.55. The van der Waals surface area contributed by atoms with Crippen molar-refractivity contribution in [2.24, 2.45) is 0 Å². The Balaban J connectivity index is 1.25. The molecule has 0 radical (unpaired) electrons. The highest BCUT2D eigenvalue weighted by Gasteiger charge is 2.36. The molecule has 2 unspecified atom stereocenters. The van der Waals surface area contributed by atoms with Crippen LogP contribution in [0.4, 0.5) is 5.82 Å². The van der Waals surface area contributed by atoms with Crippen LogP contribution in [0, 0.1) is 0 Å². The zero-order valence-electron chi connectivity index (χ0n) is 20.8.